The molecular formula is C15H14N4O4. The van der Waals surface area contributed by atoms with Crippen molar-refractivity contribution in [3.8, 4) is 5.75 Å². The van der Waals surface area contributed by atoms with Crippen LogP contribution >= 0.6 is 0 Å². The number of aromatic amines is 1. The molecule has 1 N–H and O–H groups in total. The highest BCUT2D eigenvalue weighted by atomic mass is 16.6. The predicted molar refractivity (Wildman–Crippen MR) is 82.9 cm³/mol. The Morgan fingerprint density at radius 2 is 1.91 bits per heavy atom. The molecule has 8 heteroatoms. The summed E-state index contributed by atoms with van der Waals surface area (Å²) in [6.07, 6.45) is 0.320. The number of carbonyl (C=O) groups excluding carboxylic acids is 1. The zero-order valence-corrected chi connectivity index (χ0v) is 12.5. The first-order valence-electron chi connectivity index (χ1n) is 6.98. The number of aromatic nitrogens is 4. The fourth-order valence-corrected chi connectivity index (χ4v) is 2.32. The molecular weight excluding hydrogens is 300 g/mol. The summed E-state index contributed by atoms with van der Waals surface area (Å²) in [5.74, 6) is 0.312. The third-order valence-corrected chi connectivity index (χ3v) is 3.30. The van der Waals surface area contributed by atoms with Gasteiger partial charge in [0, 0.05) is 6.04 Å². The van der Waals surface area contributed by atoms with Crippen molar-refractivity contribution in [2.75, 3.05) is 0 Å². The molecule has 0 spiro atoms. The highest BCUT2D eigenvalue weighted by molar-refractivity contribution is 5.85. The predicted octanol–water partition coefficient (Wildman–Crippen LogP) is 1.51. The lowest BCUT2D eigenvalue weighted by Gasteiger charge is -2.05. The largest absolute Gasteiger partial charge is 0.428 e. The quantitative estimate of drug-likeness (QED) is 0.773. The van der Waals surface area contributed by atoms with Gasteiger partial charge in [-0.05, 0) is 26.0 Å². The van der Waals surface area contributed by atoms with Crippen LogP contribution < -0.4 is 16.1 Å². The van der Waals surface area contributed by atoms with Gasteiger partial charge < -0.3 is 4.74 Å². The van der Waals surface area contributed by atoms with Gasteiger partial charge in [-0.25, -0.2) is 14.4 Å². The smallest absolute Gasteiger partial charge is 0.410 e. The first-order valence-corrected chi connectivity index (χ1v) is 6.98. The van der Waals surface area contributed by atoms with E-state index in [1.165, 1.54) is 10.8 Å². The number of nitrogens with zero attached hydrogens (tertiary/aromatic N) is 3. The zero-order chi connectivity index (χ0) is 16.6. The molecule has 0 fully saturated rings. The van der Waals surface area contributed by atoms with E-state index >= 15 is 0 Å². The van der Waals surface area contributed by atoms with Crippen molar-refractivity contribution in [1.82, 2.24) is 19.1 Å². The van der Waals surface area contributed by atoms with Crippen molar-refractivity contribution in [2.24, 2.45) is 0 Å². The van der Waals surface area contributed by atoms with Gasteiger partial charge in [0.2, 0.25) is 0 Å². The van der Waals surface area contributed by atoms with Crippen molar-refractivity contribution < 1.29 is 9.53 Å². The molecule has 0 radical (unpaired) electrons. The normalized spacial score (nSPS) is 11.1. The van der Waals surface area contributed by atoms with E-state index in [2.05, 4.69) is 9.97 Å². The number of nitrogens with one attached hydrogen (secondary N) is 1. The average molecular weight is 314 g/mol. The Morgan fingerprint density at radius 1 is 1.22 bits per heavy atom. The van der Waals surface area contributed by atoms with Crippen molar-refractivity contribution in [2.45, 2.75) is 19.9 Å². The number of fused-ring (bicyclic) bond motifs is 1. The summed E-state index contributed by atoms with van der Waals surface area (Å²) in [5.41, 5.74) is -0.778. The van der Waals surface area contributed by atoms with Crippen molar-refractivity contribution in [3.63, 3.8) is 0 Å². The fraction of sp³-hybridized carbons (Fsp3) is 0.200. The van der Waals surface area contributed by atoms with E-state index in [1.807, 2.05) is 0 Å². The third kappa shape index (κ3) is 2.54. The summed E-state index contributed by atoms with van der Waals surface area (Å²) >= 11 is 0. The minimum absolute atomic E-state index is 0.184. The van der Waals surface area contributed by atoms with Gasteiger partial charge in [-0.15, -0.1) is 0 Å². The lowest BCUT2D eigenvalue weighted by Crippen LogP contribution is -2.32. The van der Waals surface area contributed by atoms with Crippen molar-refractivity contribution in [3.05, 3.63) is 57.5 Å². The third-order valence-electron chi connectivity index (χ3n) is 3.30. The fourth-order valence-electron chi connectivity index (χ4n) is 2.32. The van der Waals surface area contributed by atoms with Crippen molar-refractivity contribution >= 4 is 17.3 Å². The molecule has 118 valence electrons. The van der Waals surface area contributed by atoms with Crippen LogP contribution in [0.4, 0.5) is 4.79 Å². The van der Waals surface area contributed by atoms with Crippen LogP contribution in [0.3, 0.4) is 0 Å². The van der Waals surface area contributed by atoms with E-state index in [0.717, 1.165) is 4.57 Å². The van der Waals surface area contributed by atoms with E-state index in [0.29, 0.717) is 5.75 Å². The van der Waals surface area contributed by atoms with Gasteiger partial charge in [-0.1, -0.05) is 18.2 Å². The lowest BCUT2D eigenvalue weighted by atomic mass is 10.3. The number of hydrogen-bond acceptors (Lipinski definition) is 5. The molecule has 0 atom stereocenters. The number of benzene rings is 1. The number of ether oxygens (including phenoxy) is 1. The summed E-state index contributed by atoms with van der Waals surface area (Å²) in [4.78, 5) is 42.4. The van der Waals surface area contributed by atoms with Crippen LogP contribution in [0.2, 0.25) is 0 Å². The Labute approximate surface area is 130 Å². The van der Waals surface area contributed by atoms with Crippen LogP contribution in [0.1, 0.15) is 19.9 Å². The molecule has 2 heterocycles. The van der Waals surface area contributed by atoms with Crippen LogP contribution in [0, 0.1) is 0 Å². The molecule has 0 aliphatic rings. The summed E-state index contributed by atoms with van der Waals surface area (Å²) in [7, 11) is 0. The van der Waals surface area contributed by atoms with E-state index < -0.39 is 17.5 Å². The minimum Gasteiger partial charge on any atom is -0.410 e. The maximum atomic E-state index is 12.5. The monoisotopic (exact) mass is 314 g/mol. The Kier molecular flexibility index (Phi) is 3.57. The zero-order valence-electron chi connectivity index (χ0n) is 12.5. The van der Waals surface area contributed by atoms with Gasteiger partial charge in [0.15, 0.2) is 0 Å². The number of para-hydroxylation sites is 1. The molecule has 0 aliphatic heterocycles. The summed E-state index contributed by atoms with van der Waals surface area (Å²) in [6, 6.07) is 8.15. The number of H-pyrrole nitrogens is 1. The van der Waals surface area contributed by atoms with Gasteiger partial charge in [0.25, 0.3) is 0 Å². The topological polar surface area (TPSA) is 99.0 Å². The first-order chi connectivity index (χ1) is 11.0. The van der Waals surface area contributed by atoms with Crippen LogP contribution in [-0.2, 0) is 0 Å². The van der Waals surface area contributed by atoms with E-state index in [1.54, 1.807) is 44.2 Å². The van der Waals surface area contributed by atoms with Gasteiger partial charge in [-0.3, -0.25) is 9.55 Å². The first kappa shape index (κ1) is 14.8. The molecule has 23 heavy (non-hydrogen) atoms. The molecule has 0 saturated heterocycles. The van der Waals surface area contributed by atoms with Crippen LogP contribution in [0.25, 0.3) is 11.2 Å². The highest BCUT2D eigenvalue weighted by Crippen LogP contribution is 2.15. The van der Waals surface area contributed by atoms with Gasteiger partial charge in [0.1, 0.15) is 16.9 Å². The molecule has 3 rings (SSSR count). The van der Waals surface area contributed by atoms with Gasteiger partial charge in [-0.2, -0.15) is 9.55 Å². The molecule has 1 aromatic carbocycles. The highest BCUT2D eigenvalue weighted by Gasteiger charge is 2.22. The molecule has 8 nitrogen and oxygen atoms in total. The second kappa shape index (κ2) is 5.56. The Bertz CT molecular complexity index is 982. The summed E-state index contributed by atoms with van der Waals surface area (Å²) in [6.45, 7) is 3.54. The molecule has 3 aromatic rings. The van der Waals surface area contributed by atoms with E-state index in [4.69, 9.17) is 4.74 Å². The molecule has 0 bridgehead atoms. The standard InChI is InChI=1S/C15H14N4O4/c1-9(2)18-12-11(8-16-13(20)17-12)19(14(18)21)15(22)23-10-6-4-3-5-7-10/h3-9H,1-2H3,(H,16,17,20). The average Bonchev–Trinajstić information content (AvgIpc) is 2.79. The van der Waals surface area contributed by atoms with Crippen molar-refractivity contribution in [1.29, 1.82) is 0 Å². The Hall–Kier alpha value is -3.16. The van der Waals surface area contributed by atoms with Gasteiger partial charge >= 0.3 is 17.5 Å². The van der Waals surface area contributed by atoms with Crippen LogP contribution in [0.15, 0.2) is 46.1 Å². The Balaban J connectivity index is 2.18. The van der Waals surface area contributed by atoms with Gasteiger partial charge in [0.05, 0.1) is 6.20 Å². The molecule has 0 unspecified atom stereocenters. The molecule has 0 saturated carbocycles. The Morgan fingerprint density at radius 3 is 2.57 bits per heavy atom. The molecule has 0 aliphatic carbocycles. The van der Waals surface area contributed by atoms with E-state index in [-0.39, 0.29) is 17.2 Å². The SMILES string of the molecule is CC(C)n1c(=O)n(C(=O)Oc2ccccc2)c2cnc(=O)[nH]c21. The van der Waals surface area contributed by atoms with E-state index in [9.17, 15) is 14.4 Å². The lowest BCUT2D eigenvalue weighted by molar-refractivity contribution is 0.202. The maximum Gasteiger partial charge on any atom is 0.428 e. The van der Waals surface area contributed by atoms with Crippen LogP contribution in [0.5, 0.6) is 5.75 Å². The number of rotatable bonds is 2. The molecule has 2 aromatic heterocycles. The molecule has 0 amide bonds. The maximum absolute atomic E-state index is 12.5. The number of imidazole rings is 1. The minimum atomic E-state index is -0.862. The summed E-state index contributed by atoms with van der Waals surface area (Å²) in [5, 5.41) is 0. The number of hydrogen-bond donors (Lipinski definition) is 1. The second-order valence-electron chi connectivity index (χ2n) is 5.18. The summed E-state index contributed by atoms with van der Waals surface area (Å²) < 4.78 is 7.37. The number of carbonyl (C=O) groups is 1. The second-order valence-corrected chi connectivity index (χ2v) is 5.18. The van der Waals surface area contributed by atoms with Crippen LogP contribution in [-0.4, -0.2) is 25.2 Å².